The molecule has 2 rings (SSSR count). The third kappa shape index (κ3) is 2.24. The molecule has 1 heterocycles. The number of hydrogen-bond donors (Lipinski definition) is 3. The molecule has 1 fully saturated rings. The van der Waals surface area contributed by atoms with Crippen LogP contribution in [0.3, 0.4) is 0 Å². The summed E-state index contributed by atoms with van der Waals surface area (Å²) >= 11 is 1.54. The molecule has 2 atom stereocenters. The first-order valence-corrected chi connectivity index (χ1v) is 5.61. The highest BCUT2D eigenvalue weighted by Gasteiger charge is 2.30. The van der Waals surface area contributed by atoms with E-state index in [1.807, 2.05) is 6.07 Å². The molecule has 0 radical (unpaired) electrons. The minimum absolute atomic E-state index is 0.0433. The Bertz CT molecular complexity index is 383. The van der Waals surface area contributed by atoms with Crippen LogP contribution in [0.25, 0.3) is 0 Å². The summed E-state index contributed by atoms with van der Waals surface area (Å²) in [5, 5.41) is 21.0. The van der Waals surface area contributed by atoms with Crippen molar-refractivity contribution in [2.24, 2.45) is 0 Å². The van der Waals surface area contributed by atoms with E-state index in [2.05, 4.69) is 5.32 Å². The zero-order valence-corrected chi connectivity index (χ0v) is 8.70. The first kappa shape index (κ1) is 10.3. The smallest absolute Gasteiger partial charge is 0.321 e. The number of carbonyl (C=O) groups is 1. The highest BCUT2D eigenvalue weighted by Crippen LogP contribution is 2.33. The van der Waals surface area contributed by atoms with Gasteiger partial charge >= 0.3 is 5.97 Å². The number of phenolic OH excluding ortho intramolecular Hbond substituents is 1. The normalized spacial score (nSPS) is 25.3. The summed E-state index contributed by atoms with van der Waals surface area (Å²) in [5.74, 6) is -0.0748. The second-order valence-electron chi connectivity index (χ2n) is 3.37. The molecule has 0 aromatic heterocycles. The van der Waals surface area contributed by atoms with E-state index < -0.39 is 12.0 Å². The van der Waals surface area contributed by atoms with E-state index in [0.717, 1.165) is 5.56 Å². The van der Waals surface area contributed by atoms with Crippen LogP contribution in [0, 0.1) is 0 Å². The quantitative estimate of drug-likeness (QED) is 0.705. The Labute approximate surface area is 91.3 Å². The number of thioether (sulfide) groups is 1. The van der Waals surface area contributed by atoms with Gasteiger partial charge in [0, 0.05) is 5.75 Å². The van der Waals surface area contributed by atoms with Gasteiger partial charge in [0.2, 0.25) is 0 Å². The monoisotopic (exact) mass is 225 g/mol. The van der Waals surface area contributed by atoms with Crippen molar-refractivity contribution < 1.29 is 15.0 Å². The summed E-state index contributed by atoms with van der Waals surface area (Å²) in [6, 6.07) is 6.37. The molecule has 1 aliphatic rings. The van der Waals surface area contributed by atoms with Crippen molar-refractivity contribution in [1.29, 1.82) is 0 Å². The lowest BCUT2D eigenvalue weighted by Gasteiger charge is -2.11. The van der Waals surface area contributed by atoms with E-state index in [9.17, 15) is 9.90 Å². The maximum Gasteiger partial charge on any atom is 0.321 e. The Balaban J connectivity index is 2.11. The van der Waals surface area contributed by atoms with Gasteiger partial charge < -0.3 is 10.2 Å². The summed E-state index contributed by atoms with van der Waals surface area (Å²) in [7, 11) is 0. The Kier molecular flexibility index (Phi) is 2.83. The molecule has 1 saturated heterocycles. The van der Waals surface area contributed by atoms with Gasteiger partial charge in [-0.1, -0.05) is 12.1 Å². The molecule has 0 aliphatic carbocycles. The van der Waals surface area contributed by atoms with Gasteiger partial charge in [-0.3, -0.25) is 10.1 Å². The predicted molar refractivity (Wildman–Crippen MR) is 57.9 cm³/mol. The minimum atomic E-state index is -0.829. The molecule has 1 aliphatic heterocycles. The van der Waals surface area contributed by atoms with Gasteiger partial charge in [-0.2, -0.15) is 0 Å². The van der Waals surface area contributed by atoms with Crippen LogP contribution in [-0.2, 0) is 4.79 Å². The Hall–Kier alpha value is -1.20. The second kappa shape index (κ2) is 4.12. The first-order valence-electron chi connectivity index (χ1n) is 4.56. The molecule has 0 saturated carbocycles. The van der Waals surface area contributed by atoms with Gasteiger partial charge in [0.05, 0.1) is 5.37 Å². The number of aromatic hydroxyl groups is 1. The maximum atomic E-state index is 10.7. The summed E-state index contributed by atoms with van der Waals surface area (Å²) in [4.78, 5) is 10.7. The molecule has 5 heteroatoms. The summed E-state index contributed by atoms with van der Waals surface area (Å²) in [5.41, 5.74) is 0.906. The molecule has 0 unspecified atom stereocenters. The molecule has 1 aromatic carbocycles. The highest BCUT2D eigenvalue weighted by atomic mass is 32.2. The van der Waals surface area contributed by atoms with Crippen molar-refractivity contribution in [3.05, 3.63) is 29.8 Å². The minimum Gasteiger partial charge on any atom is -0.508 e. The lowest BCUT2D eigenvalue weighted by molar-refractivity contribution is -0.138. The number of benzene rings is 1. The van der Waals surface area contributed by atoms with Crippen LogP contribution < -0.4 is 5.32 Å². The van der Waals surface area contributed by atoms with Gasteiger partial charge in [-0.05, 0) is 17.7 Å². The second-order valence-corrected chi connectivity index (χ2v) is 4.50. The Morgan fingerprint density at radius 1 is 1.53 bits per heavy atom. The molecule has 15 heavy (non-hydrogen) atoms. The van der Waals surface area contributed by atoms with E-state index in [0.29, 0.717) is 5.75 Å². The molecule has 0 bridgehead atoms. The predicted octanol–water partition coefficient (Wildman–Crippen LogP) is 1.18. The van der Waals surface area contributed by atoms with Crippen molar-refractivity contribution >= 4 is 17.7 Å². The zero-order valence-electron chi connectivity index (χ0n) is 7.88. The van der Waals surface area contributed by atoms with E-state index >= 15 is 0 Å². The molecule has 0 spiro atoms. The van der Waals surface area contributed by atoms with Crippen LogP contribution in [0.2, 0.25) is 0 Å². The molecule has 3 N–H and O–H groups in total. The van der Waals surface area contributed by atoms with Gasteiger partial charge in [0.15, 0.2) is 0 Å². The number of hydrogen-bond acceptors (Lipinski definition) is 4. The summed E-state index contributed by atoms with van der Waals surface area (Å²) in [6.07, 6.45) is 0. The largest absolute Gasteiger partial charge is 0.508 e. The van der Waals surface area contributed by atoms with Gasteiger partial charge in [-0.25, -0.2) is 0 Å². The fourth-order valence-corrected chi connectivity index (χ4v) is 2.72. The van der Waals surface area contributed by atoms with Crippen LogP contribution in [0.15, 0.2) is 24.3 Å². The highest BCUT2D eigenvalue weighted by molar-refractivity contribution is 7.99. The molecule has 1 aromatic rings. The lowest BCUT2D eigenvalue weighted by atomic mass is 10.2. The first-order chi connectivity index (χ1) is 7.16. The fourth-order valence-electron chi connectivity index (χ4n) is 1.49. The van der Waals surface area contributed by atoms with Crippen LogP contribution in [0.4, 0.5) is 0 Å². The van der Waals surface area contributed by atoms with E-state index in [1.165, 1.54) is 11.8 Å². The summed E-state index contributed by atoms with van der Waals surface area (Å²) in [6.45, 7) is 0. The standard InChI is InChI=1S/C10H11NO3S/c12-7-3-1-2-6(4-7)9-11-8(5-15-9)10(13)14/h1-4,8-9,11-12H,5H2,(H,13,14)/t8-,9+/m1/s1. The van der Waals surface area contributed by atoms with Crippen LogP contribution in [0.5, 0.6) is 5.75 Å². The lowest BCUT2D eigenvalue weighted by Crippen LogP contribution is -2.33. The van der Waals surface area contributed by atoms with Crippen LogP contribution in [0.1, 0.15) is 10.9 Å². The average Bonchev–Trinajstić information content (AvgIpc) is 2.66. The maximum absolute atomic E-state index is 10.7. The Morgan fingerprint density at radius 3 is 2.93 bits per heavy atom. The zero-order chi connectivity index (χ0) is 10.8. The third-order valence-electron chi connectivity index (χ3n) is 2.25. The number of aliphatic carboxylic acids is 1. The van der Waals surface area contributed by atoms with Crippen molar-refractivity contribution in [3.63, 3.8) is 0 Å². The van der Waals surface area contributed by atoms with E-state index in [1.54, 1.807) is 18.2 Å². The van der Waals surface area contributed by atoms with Crippen molar-refractivity contribution in [1.82, 2.24) is 5.32 Å². The Morgan fingerprint density at radius 2 is 2.33 bits per heavy atom. The number of nitrogens with one attached hydrogen (secondary N) is 1. The van der Waals surface area contributed by atoms with E-state index in [4.69, 9.17) is 5.11 Å². The van der Waals surface area contributed by atoms with Gasteiger partial charge in [-0.15, -0.1) is 11.8 Å². The average molecular weight is 225 g/mol. The SMILES string of the molecule is O=C(O)[C@H]1CS[C@@H](c2cccc(O)c2)N1. The molecule has 80 valence electrons. The number of phenols is 1. The third-order valence-corrected chi connectivity index (χ3v) is 3.52. The molecular weight excluding hydrogens is 214 g/mol. The molecule has 4 nitrogen and oxygen atoms in total. The van der Waals surface area contributed by atoms with Gasteiger partial charge in [0.25, 0.3) is 0 Å². The van der Waals surface area contributed by atoms with Crippen molar-refractivity contribution in [3.8, 4) is 5.75 Å². The molecule has 0 amide bonds. The van der Waals surface area contributed by atoms with E-state index in [-0.39, 0.29) is 11.1 Å². The summed E-state index contributed by atoms with van der Waals surface area (Å²) < 4.78 is 0. The number of carboxylic acid groups (broad SMARTS) is 1. The van der Waals surface area contributed by atoms with Crippen LogP contribution in [-0.4, -0.2) is 28.0 Å². The fraction of sp³-hybridized carbons (Fsp3) is 0.300. The van der Waals surface area contributed by atoms with Gasteiger partial charge in [0.1, 0.15) is 11.8 Å². The number of carboxylic acids is 1. The topological polar surface area (TPSA) is 69.6 Å². The number of rotatable bonds is 2. The van der Waals surface area contributed by atoms with Crippen molar-refractivity contribution in [2.75, 3.05) is 5.75 Å². The molecular formula is C10H11NO3S. The van der Waals surface area contributed by atoms with Crippen LogP contribution >= 0.6 is 11.8 Å². The van der Waals surface area contributed by atoms with Crippen molar-refractivity contribution in [2.45, 2.75) is 11.4 Å².